The monoisotopic (exact) mass is 363 g/mol. The number of hydrogen-bond donors (Lipinski definition) is 2. The molecule has 4 heteroatoms. The molecule has 0 radical (unpaired) electrons. The second-order valence-electron chi connectivity index (χ2n) is 7.60. The second kappa shape index (κ2) is 8.87. The third-order valence-electron chi connectivity index (χ3n) is 5.03. The van der Waals surface area contributed by atoms with E-state index in [4.69, 9.17) is 5.73 Å². The Morgan fingerprint density at radius 1 is 1.11 bits per heavy atom. The van der Waals surface area contributed by atoms with Crippen LogP contribution in [0.1, 0.15) is 42.6 Å². The second-order valence-corrected chi connectivity index (χ2v) is 7.60. The van der Waals surface area contributed by atoms with Crippen LogP contribution < -0.4 is 11.1 Å². The molecule has 0 aliphatic carbocycles. The van der Waals surface area contributed by atoms with Gasteiger partial charge < -0.3 is 11.1 Å². The van der Waals surface area contributed by atoms with Crippen LogP contribution >= 0.6 is 0 Å². The van der Waals surface area contributed by atoms with Gasteiger partial charge in [0.05, 0.1) is 11.4 Å². The number of benzene rings is 2. The van der Waals surface area contributed by atoms with Gasteiger partial charge in [0.1, 0.15) is 0 Å². The first-order valence-corrected chi connectivity index (χ1v) is 9.63. The Morgan fingerprint density at radius 2 is 1.78 bits per heavy atom. The maximum absolute atomic E-state index is 12.4. The Hall–Kier alpha value is -2.59. The topological polar surface area (TPSA) is 58.4 Å². The fraction of sp³-hybridized carbons (Fsp3) is 0.348. The van der Waals surface area contributed by atoms with Gasteiger partial charge in [-0.25, -0.2) is 0 Å². The molecule has 0 saturated carbocycles. The van der Waals surface area contributed by atoms with E-state index in [1.165, 1.54) is 24.0 Å². The zero-order valence-electron chi connectivity index (χ0n) is 16.2. The molecule has 0 bridgehead atoms. The average molecular weight is 364 g/mol. The first-order chi connectivity index (χ1) is 13.0. The fourth-order valence-corrected chi connectivity index (χ4v) is 3.57. The number of likely N-dealkylation sites (tertiary alicyclic amines) is 1. The summed E-state index contributed by atoms with van der Waals surface area (Å²) >= 11 is 0. The standard InChI is InChI=1S/C23H29N3O/c1-17(2)15-18-11-13-26(14-12-18)16-19-7-9-20(10-8-19)23(27)25-22-6-4-3-5-21(22)24/h3-10,15,18H,11-14,16,24H2,1-2H3,(H,25,27). The first-order valence-electron chi connectivity index (χ1n) is 9.63. The van der Waals surface area contributed by atoms with Gasteiger partial charge in [0.15, 0.2) is 0 Å². The fourth-order valence-electron chi connectivity index (χ4n) is 3.57. The van der Waals surface area contributed by atoms with Gasteiger partial charge in [0.2, 0.25) is 0 Å². The Kier molecular flexibility index (Phi) is 6.30. The van der Waals surface area contributed by atoms with Crippen molar-refractivity contribution in [2.24, 2.45) is 5.92 Å². The van der Waals surface area contributed by atoms with Crippen LogP contribution in [0.2, 0.25) is 0 Å². The predicted molar refractivity (Wildman–Crippen MR) is 113 cm³/mol. The minimum absolute atomic E-state index is 0.137. The molecule has 3 rings (SSSR count). The minimum Gasteiger partial charge on any atom is -0.397 e. The van der Waals surface area contributed by atoms with Gasteiger partial charge in [-0.15, -0.1) is 0 Å². The third-order valence-corrected chi connectivity index (χ3v) is 5.03. The molecular weight excluding hydrogens is 334 g/mol. The molecule has 4 nitrogen and oxygen atoms in total. The molecule has 3 N–H and O–H groups in total. The lowest BCUT2D eigenvalue weighted by molar-refractivity contribution is 0.102. The van der Waals surface area contributed by atoms with Crippen LogP contribution in [0.4, 0.5) is 11.4 Å². The number of para-hydroxylation sites is 2. The minimum atomic E-state index is -0.137. The van der Waals surface area contributed by atoms with E-state index in [2.05, 4.69) is 30.1 Å². The van der Waals surface area contributed by atoms with Crippen LogP contribution in [0.25, 0.3) is 0 Å². The van der Waals surface area contributed by atoms with Crippen molar-refractivity contribution < 1.29 is 4.79 Å². The van der Waals surface area contributed by atoms with E-state index >= 15 is 0 Å². The number of carbonyl (C=O) groups is 1. The quantitative estimate of drug-likeness (QED) is 0.598. The SMILES string of the molecule is CC(C)=CC1CCN(Cc2ccc(C(=O)Nc3ccccc3N)cc2)CC1. The van der Waals surface area contributed by atoms with Gasteiger partial charge >= 0.3 is 0 Å². The number of nitrogen functional groups attached to an aromatic ring is 1. The maximum atomic E-state index is 12.4. The smallest absolute Gasteiger partial charge is 0.255 e. The molecule has 2 aromatic rings. The number of carbonyl (C=O) groups excluding carboxylic acids is 1. The summed E-state index contributed by atoms with van der Waals surface area (Å²) in [7, 11) is 0. The highest BCUT2D eigenvalue weighted by Gasteiger charge is 2.17. The van der Waals surface area contributed by atoms with Crippen LogP contribution in [0.15, 0.2) is 60.2 Å². The molecule has 142 valence electrons. The average Bonchev–Trinajstić information content (AvgIpc) is 2.65. The highest BCUT2D eigenvalue weighted by Crippen LogP contribution is 2.22. The van der Waals surface area contributed by atoms with Crippen molar-refractivity contribution in [3.8, 4) is 0 Å². The molecule has 1 fully saturated rings. The van der Waals surface area contributed by atoms with Gasteiger partial charge in [-0.05, 0) is 75.5 Å². The van der Waals surface area contributed by atoms with E-state index < -0.39 is 0 Å². The third kappa shape index (κ3) is 5.44. The van der Waals surface area contributed by atoms with Crippen LogP contribution in [0.3, 0.4) is 0 Å². The summed E-state index contributed by atoms with van der Waals surface area (Å²) in [5, 5.41) is 2.87. The number of nitrogens with one attached hydrogen (secondary N) is 1. The van der Waals surface area contributed by atoms with Crippen LogP contribution in [0, 0.1) is 5.92 Å². The number of nitrogens with zero attached hydrogens (tertiary/aromatic N) is 1. The highest BCUT2D eigenvalue weighted by atomic mass is 16.1. The summed E-state index contributed by atoms with van der Waals surface area (Å²) in [5.41, 5.74) is 10.4. The van der Waals surface area contributed by atoms with Crippen LogP contribution in [0.5, 0.6) is 0 Å². The molecule has 1 aliphatic rings. The normalized spacial score (nSPS) is 15.3. The van der Waals surface area contributed by atoms with Gasteiger partial charge in [-0.3, -0.25) is 9.69 Å². The Bertz CT molecular complexity index is 799. The van der Waals surface area contributed by atoms with E-state index in [1.54, 1.807) is 12.1 Å². The van der Waals surface area contributed by atoms with Crippen molar-refractivity contribution in [3.05, 3.63) is 71.3 Å². The molecule has 27 heavy (non-hydrogen) atoms. The van der Waals surface area contributed by atoms with Crippen molar-refractivity contribution >= 4 is 17.3 Å². The summed E-state index contributed by atoms with van der Waals surface area (Å²) in [5.74, 6) is 0.588. The summed E-state index contributed by atoms with van der Waals surface area (Å²) in [6.45, 7) is 7.55. The van der Waals surface area contributed by atoms with E-state index in [9.17, 15) is 4.79 Å². The summed E-state index contributed by atoms with van der Waals surface area (Å²) in [6.07, 6.45) is 4.86. The number of hydrogen-bond acceptors (Lipinski definition) is 3. The van der Waals surface area contributed by atoms with E-state index in [1.807, 2.05) is 36.4 Å². The number of piperidine rings is 1. The van der Waals surface area contributed by atoms with Gasteiger partial charge in [-0.2, -0.15) is 0 Å². The zero-order valence-corrected chi connectivity index (χ0v) is 16.2. The van der Waals surface area contributed by atoms with Crippen molar-refractivity contribution in [2.45, 2.75) is 33.2 Å². The first kappa shape index (κ1) is 19.2. The zero-order chi connectivity index (χ0) is 19.2. The lowest BCUT2D eigenvalue weighted by Gasteiger charge is -2.31. The molecular formula is C23H29N3O. The van der Waals surface area contributed by atoms with E-state index in [0.717, 1.165) is 25.6 Å². The Labute approximate surface area is 162 Å². The number of allylic oxidation sites excluding steroid dienone is 2. The largest absolute Gasteiger partial charge is 0.397 e. The highest BCUT2D eigenvalue weighted by molar-refractivity contribution is 6.05. The number of amides is 1. The maximum Gasteiger partial charge on any atom is 0.255 e. The Morgan fingerprint density at radius 3 is 2.41 bits per heavy atom. The predicted octanol–water partition coefficient (Wildman–Crippen LogP) is 4.70. The van der Waals surface area contributed by atoms with Crippen molar-refractivity contribution in [1.82, 2.24) is 4.90 Å². The summed E-state index contributed by atoms with van der Waals surface area (Å²) in [4.78, 5) is 14.9. The molecule has 0 atom stereocenters. The van der Waals surface area contributed by atoms with E-state index in [0.29, 0.717) is 16.9 Å². The summed E-state index contributed by atoms with van der Waals surface area (Å²) in [6, 6.07) is 15.2. The number of rotatable bonds is 5. The number of anilines is 2. The molecule has 0 spiro atoms. The molecule has 1 aliphatic heterocycles. The summed E-state index contributed by atoms with van der Waals surface area (Å²) < 4.78 is 0. The van der Waals surface area contributed by atoms with Crippen molar-refractivity contribution in [1.29, 1.82) is 0 Å². The Balaban J connectivity index is 1.54. The van der Waals surface area contributed by atoms with Gasteiger partial charge in [0, 0.05) is 12.1 Å². The molecule has 2 aromatic carbocycles. The van der Waals surface area contributed by atoms with Gasteiger partial charge in [0.25, 0.3) is 5.91 Å². The van der Waals surface area contributed by atoms with Gasteiger partial charge in [-0.1, -0.05) is 35.9 Å². The van der Waals surface area contributed by atoms with E-state index in [-0.39, 0.29) is 5.91 Å². The van der Waals surface area contributed by atoms with Crippen molar-refractivity contribution in [2.75, 3.05) is 24.1 Å². The number of nitrogens with two attached hydrogens (primary N) is 1. The van der Waals surface area contributed by atoms with Crippen molar-refractivity contribution in [3.63, 3.8) is 0 Å². The molecule has 1 heterocycles. The lowest BCUT2D eigenvalue weighted by atomic mass is 9.94. The van der Waals surface area contributed by atoms with Crippen LogP contribution in [-0.2, 0) is 6.54 Å². The van der Waals surface area contributed by atoms with Crippen LogP contribution in [-0.4, -0.2) is 23.9 Å². The molecule has 0 unspecified atom stereocenters. The molecule has 0 aromatic heterocycles. The molecule has 1 amide bonds. The molecule has 1 saturated heterocycles. The lowest BCUT2D eigenvalue weighted by Crippen LogP contribution is -2.32.